The number of rotatable bonds is 6. The third kappa shape index (κ3) is 3.38. The lowest BCUT2D eigenvalue weighted by molar-refractivity contribution is 0.725. The second-order valence-corrected chi connectivity index (χ2v) is 5.23. The third-order valence-corrected chi connectivity index (χ3v) is 3.49. The van der Waals surface area contributed by atoms with E-state index in [0.717, 1.165) is 24.4 Å². The van der Waals surface area contributed by atoms with Crippen molar-refractivity contribution in [2.45, 2.75) is 26.7 Å². The van der Waals surface area contributed by atoms with Crippen LogP contribution in [0.25, 0.3) is 10.9 Å². The maximum Gasteiger partial charge on any atom is 0.132 e. The van der Waals surface area contributed by atoms with Crippen molar-refractivity contribution in [1.29, 1.82) is 0 Å². The monoisotopic (exact) mass is 276 g/mol. The van der Waals surface area contributed by atoms with Gasteiger partial charge in [-0.05, 0) is 31.0 Å². The van der Waals surface area contributed by atoms with Crippen molar-refractivity contribution in [2.24, 2.45) is 0 Å². The van der Waals surface area contributed by atoms with Gasteiger partial charge in [0.1, 0.15) is 5.82 Å². The van der Waals surface area contributed by atoms with Crippen molar-refractivity contribution in [3.63, 3.8) is 0 Å². The second-order valence-electron chi connectivity index (χ2n) is 4.85. The zero-order valence-electron chi connectivity index (χ0n) is 11.7. The number of unbranched alkanes of at least 4 members (excludes halogenated alkanes) is 1. The molecule has 1 aromatic carbocycles. The normalized spacial score (nSPS) is 10.9. The molecule has 0 spiro atoms. The Balaban J connectivity index is 2.37. The summed E-state index contributed by atoms with van der Waals surface area (Å²) >= 11 is 5.93. The number of fused-ring (bicyclic) bond motifs is 1. The third-order valence-electron chi connectivity index (χ3n) is 3.32. The Morgan fingerprint density at radius 1 is 1.21 bits per heavy atom. The van der Waals surface area contributed by atoms with Crippen molar-refractivity contribution in [2.75, 3.05) is 23.9 Å². The van der Waals surface area contributed by atoms with Gasteiger partial charge >= 0.3 is 0 Å². The molecule has 0 aliphatic heterocycles. The Morgan fingerprint density at radius 3 is 2.74 bits per heavy atom. The smallest absolute Gasteiger partial charge is 0.132 e. The number of anilines is 1. The zero-order valence-corrected chi connectivity index (χ0v) is 12.5. The van der Waals surface area contributed by atoms with E-state index in [4.69, 9.17) is 16.6 Å². The highest BCUT2D eigenvalue weighted by Crippen LogP contribution is 2.23. The molecule has 0 unspecified atom stereocenters. The average molecular weight is 277 g/mol. The molecule has 2 nitrogen and oxygen atoms in total. The van der Waals surface area contributed by atoms with Crippen molar-refractivity contribution < 1.29 is 0 Å². The van der Waals surface area contributed by atoms with E-state index in [9.17, 15) is 0 Å². The molecule has 0 saturated heterocycles. The number of hydrogen-bond acceptors (Lipinski definition) is 2. The standard InChI is InChI=1S/C16H21ClN2/c1-3-4-10-19(11-9-17)16-13(2)12-14-7-5-6-8-15(14)18-16/h5-8,12H,3-4,9-11H2,1-2H3. The van der Waals surface area contributed by atoms with Crippen LogP contribution in [0.3, 0.4) is 0 Å². The van der Waals surface area contributed by atoms with E-state index in [2.05, 4.69) is 43.0 Å². The summed E-state index contributed by atoms with van der Waals surface area (Å²) in [6.07, 6.45) is 2.36. The number of alkyl halides is 1. The number of aryl methyl sites for hydroxylation is 1. The van der Waals surface area contributed by atoms with Gasteiger partial charge in [-0.15, -0.1) is 11.6 Å². The molecule has 0 aliphatic carbocycles. The Labute approximate surface area is 120 Å². The van der Waals surface area contributed by atoms with E-state index in [0.29, 0.717) is 5.88 Å². The first-order valence-corrected chi connectivity index (χ1v) is 7.47. The minimum atomic E-state index is 0.637. The summed E-state index contributed by atoms with van der Waals surface area (Å²) < 4.78 is 0. The average Bonchev–Trinajstić information content (AvgIpc) is 2.43. The molecule has 0 saturated carbocycles. The quantitative estimate of drug-likeness (QED) is 0.728. The Hall–Kier alpha value is -1.28. The van der Waals surface area contributed by atoms with E-state index in [1.54, 1.807) is 0 Å². The Morgan fingerprint density at radius 2 is 2.00 bits per heavy atom. The van der Waals surface area contributed by atoms with Gasteiger partial charge in [0.05, 0.1) is 5.52 Å². The van der Waals surface area contributed by atoms with Crippen molar-refractivity contribution >= 4 is 28.3 Å². The van der Waals surface area contributed by atoms with Crippen LogP contribution in [0.1, 0.15) is 25.3 Å². The summed E-state index contributed by atoms with van der Waals surface area (Å²) in [5.74, 6) is 1.71. The summed E-state index contributed by atoms with van der Waals surface area (Å²) in [6, 6.07) is 10.5. The van der Waals surface area contributed by atoms with Gasteiger partial charge in [0, 0.05) is 24.4 Å². The van der Waals surface area contributed by atoms with Crippen molar-refractivity contribution in [1.82, 2.24) is 4.98 Å². The lowest BCUT2D eigenvalue weighted by Gasteiger charge is -2.24. The molecular weight excluding hydrogens is 256 g/mol. The van der Waals surface area contributed by atoms with Crippen LogP contribution in [-0.2, 0) is 0 Å². The van der Waals surface area contributed by atoms with Gasteiger partial charge in [-0.3, -0.25) is 0 Å². The molecule has 0 N–H and O–H groups in total. The van der Waals surface area contributed by atoms with Gasteiger partial charge < -0.3 is 4.90 Å². The molecular formula is C16H21ClN2. The highest BCUT2D eigenvalue weighted by molar-refractivity contribution is 6.18. The highest BCUT2D eigenvalue weighted by Gasteiger charge is 2.11. The fourth-order valence-electron chi connectivity index (χ4n) is 2.31. The number of halogens is 1. The molecule has 1 aromatic heterocycles. The fourth-order valence-corrected chi connectivity index (χ4v) is 2.51. The van der Waals surface area contributed by atoms with Crippen LogP contribution in [0, 0.1) is 6.92 Å². The van der Waals surface area contributed by atoms with Crippen LogP contribution in [0.4, 0.5) is 5.82 Å². The number of pyridine rings is 1. The van der Waals surface area contributed by atoms with Gasteiger partial charge in [0.25, 0.3) is 0 Å². The maximum atomic E-state index is 5.93. The number of aromatic nitrogens is 1. The van der Waals surface area contributed by atoms with Gasteiger partial charge in [-0.25, -0.2) is 4.98 Å². The van der Waals surface area contributed by atoms with Crippen LogP contribution in [-0.4, -0.2) is 24.0 Å². The second kappa shape index (κ2) is 6.76. The van der Waals surface area contributed by atoms with E-state index in [-0.39, 0.29) is 0 Å². The van der Waals surface area contributed by atoms with Crippen LogP contribution >= 0.6 is 11.6 Å². The van der Waals surface area contributed by atoms with E-state index >= 15 is 0 Å². The largest absolute Gasteiger partial charge is 0.355 e. The van der Waals surface area contributed by atoms with E-state index in [1.807, 2.05) is 6.07 Å². The number of nitrogens with zero attached hydrogens (tertiary/aromatic N) is 2. The molecule has 102 valence electrons. The molecule has 19 heavy (non-hydrogen) atoms. The predicted molar refractivity (Wildman–Crippen MR) is 84.3 cm³/mol. The van der Waals surface area contributed by atoms with Crippen LogP contribution in [0.15, 0.2) is 30.3 Å². The molecule has 3 heteroatoms. The lowest BCUT2D eigenvalue weighted by atomic mass is 10.1. The first kappa shape index (κ1) is 14.1. The van der Waals surface area contributed by atoms with Crippen LogP contribution in [0.5, 0.6) is 0 Å². The van der Waals surface area contributed by atoms with Gasteiger partial charge in [0.15, 0.2) is 0 Å². The molecule has 0 aliphatic rings. The summed E-state index contributed by atoms with van der Waals surface area (Å²) in [5, 5.41) is 1.20. The molecule has 0 fully saturated rings. The topological polar surface area (TPSA) is 16.1 Å². The maximum absolute atomic E-state index is 5.93. The molecule has 0 radical (unpaired) electrons. The van der Waals surface area contributed by atoms with Gasteiger partial charge in [-0.1, -0.05) is 31.5 Å². The molecule has 2 aromatic rings. The summed E-state index contributed by atoms with van der Waals surface area (Å²) in [7, 11) is 0. The zero-order chi connectivity index (χ0) is 13.7. The van der Waals surface area contributed by atoms with Crippen LogP contribution < -0.4 is 4.90 Å². The summed E-state index contributed by atoms with van der Waals surface area (Å²) in [6.45, 7) is 6.21. The number of para-hydroxylation sites is 1. The number of hydrogen-bond donors (Lipinski definition) is 0. The Kier molecular flexibility index (Phi) is 5.03. The lowest BCUT2D eigenvalue weighted by Crippen LogP contribution is -2.28. The van der Waals surface area contributed by atoms with Gasteiger partial charge in [-0.2, -0.15) is 0 Å². The molecule has 2 rings (SSSR count). The van der Waals surface area contributed by atoms with E-state index < -0.39 is 0 Å². The van der Waals surface area contributed by atoms with Crippen LogP contribution in [0.2, 0.25) is 0 Å². The summed E-state index contributed by atoms with van der Waals surface area (Å²) in [5.41, 5.74) is 2.28. The molecule has 0 atom stereocenters. The predicted octanol–water partition coefficient (Wildman–Crippen LogP) is 4.39. The van der Waals surface area contributed by atoms with Crippen molar-refractivity contribution in [3.8, 4) is 0 Å². The minimum Gasteiger partial charge on any atom is -0.355 e. The fraction of sp³-hybridized carbons (Fsp3) is 0.438. The molecule has 0 bridgehead atoms. The first-order valence-electron chi connectivity index (χ1n) is 6.93. The molecule has 0 amide bonds. The minimum absolute atomic E-state index is 0.637. The molecule has 1 heterocycles. The number of benzene rings is 1. The first-order chi connectivity index (χ1) is 9.26. The summed E-state index contributed by atoms with van der Waals surface area (Å²) in [4.78, 5) is 7.12. The Bertz CT molecular complexity index is 539. The van der Waals surface area contributed by atoms with E-state index in [1.165, 1.54) is 23.8 Å². The van der Waals surface area contributed by atoms with Gasteiger partial charge in [0.2, 0.25) is 0 Å². The SMILES string of the molecule is CCCCN(CCCl)c1nc2ccccc2cc1C. The van der Waals surface area contributed by atoms with Crippen molar-refractivity contribution in [3.05, 3.63) is 35.9 Å². The highest BCUT2D eigenvalue weighted by atomic mass is 35.5.